The molecule has 3 aromatic carbocycles. The fourth-order valence-corrected chi connectivity index (χ4v) is 2.55. The monoisotopic (exact) mass is 317 g/mol. The predicted octanol–water partition coefficient (Wildman–Crippen LogP) is 4.54. The van der Waals surface area contributed by atoms with Gasteiger partial charge in [0.2, 0.25) is 0 Å². The first-order valence-electron chi connectivity index (χ1n) is 7.85. The zero-order valence-corrected chi connectivity index (χ0v) is 13.5. The summed E-state index contributed by atoms with van der Waals surface area (Å²) in [7, 11) is 0. The van der Waals surface area contributed by atoms with Crippen LogP contribution in [-0.4, -0.2) is 11.0 Å². The van der Waals surface area contributed by atoms with Crippen molar-refractivity contribution in [3.05, 3.63) is 95.1 Å². The van der Waals surface area contributed by atoms with Crippen LogP contribution in [-0.2, 0) is 6.42 Å². The van der Waals surface area contributed by atoms with Crippen molar-refractivity contribution in [3.8, 4) is 5.75 Å². The van der Waals surface area contributed by atoms with Crippen LogP contribution in [0.2, 0.25) is 0 Å². The van der Waals surface area contributed by atoms with Crippen molar-refractivity contribution in [2.24, 2.45) is 0 Å². The lowest BCUT2D eigenvalue weighted by molar-refractivity contribution is 0.102. The SMILES string of the molecule is Cc1cccc(NC(=O)c2ccc(Cc3ccc(O)cc3)cc2)c1. The van der Waals surface area contributed by atoms with E-state index in [2.05, 4.69) is 5.32 Å². The van der Waals surface area contributed by atoms with Crippen LogP contribution in [0.15, 0.2) is 72.8 Å². The largest absolute Gasteiger partial charge is 0.508 e. The number of hydrogen-bond donors (Lipinski definition) is 2. The molecule has 0 spiro atoms. The van der Waals surface area contributed by atoms with E-state index in [9.17, 15) is 9.90 Å². The summed E-state index contributed by atoms with van der Waals surface area (Å²) in [6.07, 6.45) is 0.764. The number of benzene rings is 3. The van der Waals surface area contributed by atoms with E-state index in [1.165, 1.54) is 0 Å². The van der Waals surface area contributed by atoms with Crippen LogP contribution in [0, 0.1) is 6.92 Å². The lowest BCUT2D eigenvalue weighted by Gasteiger charge is -2.07. The standard InChI is InChI=1S/C21H19NO2/c1-15-3-2-4-19(13-15)22-21(24)18-9-5-16(6-10-18)14-17-7-11-20(23)12-8-17/h2-13,23H,14H2,1H3,(H,22,24). The summed E-state index contributed by atoms with van der Waals surface area (Å²) in [4.78, 5) is 12.3. The maximum absolute atomic E-state index is 12.3. The second-order valence-corrected chi connectivity index (χ2v) is 5.86. The minimum atomic E-state index is -0.114. The molecule has 0 atom stereocenters. The number of carbonyl (C=O) groups is 1. The molecule has 3 heteroatoms. The van der Waals surface area contributed by atoms with Gasteiger partial charge in [-0.2, -0.15) is 0 Å². The zero-order chi connectivity index (χ0) is 16.9. The van der Waals surface area contributed by atoms with Crippen LogP contribution in [0.4, 0.5) is 5.69 Å². The third kappa shape index (κ3) is 4.02. The highest BCUT2D eigenvalue weighted by molar-refractivity contribution is 6.04. The number of nitrogens with one attached hydrogen (secondary N) is 1. The summed E-state index contributed by atoms with van der Waals surface area (Å²) in [5.41, 5.74) is 4.77. The Kier molecular flexibility index (Phi) is 4.62. The number of amides is 1. The van der Waals surface area contributed by atoms with E-state index in [-0.39, 0.29) is 11.7 Å². The molecule has 0 saturated carbocycles. The minimum Gasteiger partial charge on any atom is -0.508 e. The highest BCUT2D eigenvalue weighted by atomic mass is 16.3. The second kappa shape index (κ2) is 7.01. The van der Waals surface area contributed by atoms with Gasteiger partial charge in [-0.05, 0) is 66.4 Å². The fourth-order valence-electron chi connectivity index (χ4n) is 2.55. The van der Waals surface area contributed by atoms with Crippen molar-refractivity contribution >= 4 is 11.6 Å². The Balaban J connectivity index is 1.67. The van der Waals surface area contributed by atoms with Crippen LogP contribution in [0.5, 0.6) is 5.75 Å². The first-order valence-corrected chi connectivity index (χ1v) is 7.85. The number of phenolic OH excluding ortho intramolecular Hbond substituents is 1. The average molecular weight is 317 g/mol. The van der Waals surface area contributed by atoms with Crippen molar-refractivity contribution in [2.75, 3.05) is 5.32 Å². The molecule has 0 bridgehead atoms. The third-order valence-electron chi connectivity index (χ3n) is 3.84. The summed E-state index contributed by atoms with van der Waals surface area (Å²) in [5.74, 6) is 0.152. The molecular formula is C21H19NO2. The molecule has 0 aliphatic carbocycles. The normalized spacial score (nSPS) is 10.4. The number of hydrogen-bond acceptors (Lipinski definition) is 2. The first-order chi connectivity index (χ1) is 11.6. The Morgan fingerprint density at radius 1 is 0.917 bits per heavy atom. The molecule has 3 nitrogen and oxygen atoms in total. The summed E-state index contributed by atoms with van der Waals surface area (Å²) < 4.78 is 0. The molecule has 3 aromatic rings. The maximum atomic E-state index is 12.3. The molecule has 0 saturated heterocycles. The van der Waals surface area contributed by atoms with Crippen LogP contribution >= 0.6 is 0 Å². The summed E-state index contributed by atoms with van der Waals surface area (Å²) in [6.45, 7) is 1.99. The van der Waals surface area contributed by atoms with Gasteiger partial charge in [0.05, 0.1) is 0 Å². The number of anilines is 1. The van der Waals surface area contributed by atoms with Gasteiger partial charge in [-0.15, -0.1) is 0 Å². The highest BCUT2D eigenvalue weighted by Crippen LogP contribution is 2.16. The molecule has 0 heterocycles. The Labute approximate surface area is 141 Å². The van der Waals surface area contributed by atoms with Gasteiger partial charge in [0.15, 0.2) is 0 Å². The Morgan fingerprint density at radius 3 is 2.17 bits per heavy atom. The molecule has 0 unspecified atom stereocenters. The van der Waals surface area contributed by atoms with E-state index in [1.807, 2.05) is 67.6 Å². The molecule has 1 amide bonds. The van der Waals surface area contributed by atoms with E-state index in [1.54, 1.807) is 12.1 Å². The Bertz CT molecular complexity index is 836. The smallest absolute Gasteiger partial charge is 0.255 e. The molecule has 0 aliphatic heterocycles. The van der Waals surface area contributed by atoms with E-state index >= 15 is 0 Å². The maximum Gasteiger partial charge on any atom is 0.255 e. The molecule has 120 valence electrons. The van der Waals surface area contributed by atoms with Crippen LogP contribution in [0.25, 0.3) is 0 Å². The molecule has 0 radical (unpaired) electrons. The zero-order valence-electron chi connectivity index (χ0n) is 13.5. The molecule has 24 heavy (non-hydrogen) atoms. The van der Waals surface area contributed by atoms with Crippen LogP contribution in [0.1, 0.15) is 27.0 Å². The number of aryl methyl sites for hydroxylation is 1. The van der Waals surface area contributed by atoms with Crippen LogP contribution < -0.4 is 5.32 Å². The molecule has 0 fully saturated rings. The third-order valence-corrected chi connectivity index (χ3v) is 3.84. The second-order valence-electron chi connectivity index (χ2n) is 5.86. The number of carbonyl (C=O) groups excluding carboxylic acids is 1. The minimum absolute atomic E-state index is 0.114. The quantitative estimate of drug-likeness (QED) is 0.742. The summed E-state index contributed by atoms with van der Waals surface area (Å²) in [6, 6.07) is 22.5. The van der Waals surface area contributed by atoms with E-state index in [4.69, 9.17) is 0 Å². The van der Waals surface area contributed by atoms with Crippen molar-refractivity contribution in [3.63, 3.8) is 0 Å². The summed E-state index contributed by atoms with van der Waals surface area (Å²) in [5, 5.41) is 12.2. The van der Waals surface area contributed by atoms with Gasteiger partial charge in [0.1, 0.15) is 5.75 Å². The average Bonchev–Trinajstić information content (AvgIpc) is 2.57. The number of phenols is 1. The van der Waals surface area contributed by atoms with Gasteiger partial charge < -0.3 is 10.4 Å². The molecular weight excluding hydrogens is 298 g/mol. The van der Waals surface area contributed by atoms with Crippen LogP contribution in [0.3, 0.4) is 0 Å². The topological polar surface area (TPSA) is 49.3 Å². The van der Waals surface area contributed by atoms with Crippen molar-refractivity contribution in [2.45, 2.75) is 13.3 Å². The Morgan fingerprint density at radius 2 is 1.54 bits per heavy atom. The Hall–Kier alpha value is -3.07. The predicted molar refractivity (Wildman–Crippen MR) is 96.5 cm³/mol. The summed E-state index contributed by atoms with van der Waals surface area (Å²) >= 11 is 0. The van der Waals surface area contributed by atoms with Gasteiger partial charge in [0, 0.05) is 11.3 Å². The molecule has 0 aliphatic rings. The number of rotatable bonds is 4. The lowest BCUT2D eigenvalue weighted by atomic mass is 10.0. The van der Waals surface area contributed by atoms with Gasteiger partial charge in [-0.1, -0.05) is 36.4 Å². The molecule has 0 aromatic heterocycles. The van der Waals surface area contributed by atoms with Gasteiger partial charge >= 0.3 is 0 Å². The highest BCUT2D eigenvalue weighted by Gasteiger charge is 2.06. The fraction of sp³-hybridized carbons (Fsp3) is 0.0952. The van der Waals surface area contributed by atoms with E-state index in [0.29, 0.717) is 5.56 Å². The van der Waals surface area contributed by atoms with Gasteiger partial charge in [-0.25, -0.2) is 0 Å². The van der Waals surface area contributed by atoms with E-state index in [0.717, 1.165) is 28.8 Å². The van der Waals surface area contributed by atoms with E-state index < -0.39 is 0 Å². The van der Waals surface area contributed by atoms with Crippen molar-refractivity contribution in [1.29, 1.82) is 0 Å². The number of aromatic hydroxyl groups is 1. The van der Waals surface area contributed by atoms with Crippen molar-refractivity contribution in [1.82, 2.24) is 0 Å². The van der Waals surface area contributed by atoms with Gasteiger partial charge in [0.25, 0.3) is 5.91 Å². The van der Waals surface area contributed by atoms with Crippen molar-refractivity contribution < 1.29 is 9.90 Å². The molecule has 3 rings (SSSR count). The molecule has 2 N–H and O–H groups in total. The van der Waals surface area contributed by atoms with Gasteiger partial charge in [-0.3, -0.25) is 4.79 Å². The first kappa shape index (κ1) is 15.8. The lowest BCUT2D eigenvalue weighted by Crippen LogP contribution is -2.11.